The number of hydrogen-bond acceptors (Lipinski definition) is 2. The summed E-state index contributed by atoms with van der Waals surface area (Å²) in [5.41, 5.74) is 4.70. The van der Waals surface area contributed by atoms with E-state index in [1.807, 2.05) is 11.8 Å². The van der Waals surface area contributed by atoms with E-state index in [0.29, 0.717) is 17.0 Å². The van der Waals surface area contributed by atoms with E-state index in [9.17, 15) is 4.79 Å². The molecule has 2 aliphatic carbocycles. The van der Waals surface area contributed by atoms with E-state index in [4.69, 9.17) is 0 Å². The summed E-state index contributed by atoms with van der Waals surface area (Å²) in [6.45, 7) is 0. The normalized spacial score (nSPS) is 27.9. The van der Waals surface area contributed by atoms with E-state index >= 15 is 0 Å². The molecule has 0 bridgehead atoms. The largest absolute Gasteiger partial charge is 0.298 e. The Morgan fingerprint density at radius 2 is 1.55 bits per heavy atom. The molecule has 1 spiro atoms. The minimum Gasteiger partial charge on any atom is -0.298 e. The van der Waals surface area contributed by atoms with E-state index in [0.717, 1.165) is 12.2 Å². The summed E-state index contributed by atoms with van der Waals surface area (Å²) < 4.78 is 0. The summed E-state index contributed by atoms with van der Waals surface area (Å²) in [4.78, 5) is 13.0. The standard InChI is InChI=1S/C18H14OS/c19-16-13-9-10-20-17(13)18(16)14-7-3-1-5-11(14)12-6-2-4-8-15(12)18/h1-8,13,17H,9-10H2. The Morgan fingerprint density at radius 1 is 0.950 bits per heavy atom. The molecule has 1 saturated carbocycles. The van der Waals surface area contributed by atoms with Gasteiger partial charge in [-0.1, -0.05) is 48.5 Å². The van der Waals surface area contributed by atoms with Crippen LogP contribution in [0.15, 0.2) is 48.5 Å². The summed E-state index contributed by atoms with van der Waals surface area (Å²) in [5, 5.41) is 0.458. The van der Waals surface area contributed by atoms with Gasteiger partial charge in [0.25, 0.3) is 0 Å². The van der Waals surface area contributed by atoms with E-state index in [2.05, 4.69) is 48.5 Å². The lowest BCUT2D eigenvalue weighted by atomic mass is 9.55. The van der Waals surface area contributed by atoms with Gasteiger partial charge in [0.1, 0.15) is 0 Å². The minimum atomic E-state index is -0.334. The van der Waals surface area contributed by atoms with Crippen LogP contribution in [0.3, 0.4) is 0 Å². The zero-order valence-corrected chi connectivity index (χ0v) is 11.8. The van der Waals surface area contributed by atoms with Gasteiger partial charge in [0.15, 0.2) is 5.78 Å². The highest BCUT2D eigenvalue weighted by molar-refractivity contribution is 8.00. The average molecular weight is 278 g/mol. The lowest BCUT2D eigenvalue weighted by Gasteiger charge is -2.49. The van der Waals surface area contributed by atoms with Gasteiger partial charge in [0.05, 0.1) is 5.41 Å². The van der Waals surface area contributed by atoms with E-state index < -0.39 is 0 Å². The molecule has 20 heavy (non-hydrogen) atoms. The smallest absolute Gasteiger partial charge is 0.153 e. The van der Waals surface area contributed by atoms with Crippen LogP contribution in [-0.4, -0.2) is 16.8 Å². The summed E-state index contributed by atoms with van der Waals surface area (Å²) in [5.74, 6) is 1.89. The first-order valence-electron chi connectivity index (χ1n) is 7.20. The minimum absolute atomic E-state index is 0.291. The van der Waals surface area contributed by atoms with Gasteiger partial charge in [0.2, 0.25) is 0 Å². The van der Waals surface area contributed by atoms with Crippen molar-refractivity contribution >= 4 is 17.5 Å². The highest BCUT2D eigenvalue weighted by atomic mass is 32.2. The number of Topliss-reactive ketones (excluding diaryl/α,β-unsaturated/α-hetero) is 1. The lowest BCUT2D eigenvalue weighted by molar-refractivity contribution is -0.134. The van der Waals surface area contributed by atoms with Gasteiger partial charge < -0.3 is 0 Å². The zero-order valence-electron chi connectivity index (χ0n) is 11.0. The first kappa shape index (κ1) is 11.2. The molecule has 98 valence electrons. The Morgan fingerprint density at radius 3 is 2.20 bits per heavy atom. The number of fused-ring (bicyclic) bond motifs is 7. The number of carbonyl (C=O) groups is 1. The molecule has 1 aliphatic heterocycles. The summed E-state index contributed by atoms with van der Waals surface area (Å²) in [6.07, 6.45) is 1.07. The predicted molar refractivity (Wildman–Crippen MR) is 82.0 cm³/mol. The van der Waals surface area contributed by atoms with Crippen LogP contribution in [0, 0.1) is 5.92 Å². The van der Waals surface area contributed by atoms with E-state index in [1.54, 1.807) is 0 Å². The molecule has 0 radical (unpaired) electrons. The van der Waals surface area contributed by atoms with Crippen LogP contribution in [0.5, 0.6) is 0 Å². The van der Waals surface area contributed by atoms with Gasteiger partial charge >= 0.3 is 0 Å². The lowest BCUT2D eigenvalue weighted by Crippen LogP contribution is -2.61. The molecule has 0 N–H and O–H groups in total. The fourth-order valence-corrected chi connectivity index (χ4v) is 6.22. The molecular weight excluding hydrogens is 264 g/mol. The molecule has 1 heterocycles. The second-order valence-corrected chi connectivity index (χ2v) is 7.20. The van der Waals surface area contributed by atoms with Crippen LogP contribution in [-0.2, 0) is 10.2 Å². The molecule has 1 saturated heterocycles. The van der Waals surface area contributed by atoms with E-state index in [1.165, 1.54) is 22.3 Å². The Balaban J connectivity index is 1.87. The summed E-state index contributed by atoms with van der Waals surface area (Å²) in [6, 6.07) is 17.0. The number of benzene rings is 2. The zero-order chi connectivity index (χ0) is 13.3. The van der Waals surface area contributed by atoms with Gasteiger partial charge in [-0.25, -0.2) is 0 Å². The molecule has 2 unspecified atom stereocenters. The van der Waals surface area contributed by atoms with Gasteiger partial charge in [-0.05, 0) is 34.4 Å². The van der Waals surface area contributed by atoms with E-state index in [-0.39, 0.29) is 5.41 Å². The SMILES string of the molecule is O=C1C2CCSC2C12c1ccccc1-c1ccccc12. The molecule has 2 fully saturated rings. The number of carbonyl (C=O) groups excluding carboxylic acids is 1. The van der Waals surface area contributed by atoms with Crippen LogP contribution < -0.4 is 0 Å². The van der Waals surface area contributed by atoms with Crippen molar-refractivity contribution in [2.24, 2.45) is 5.92 Å². The Kier molecular flexibility index (Phi) is 1.98. The Bertz CT molecular complexity index is 703. The number of thioether (sulfide) groups is 1. The molecular formula is C18H14OS. The van der Waals surface area contributed by atoms with Crippen molar-refractivity contribution in [3.63, 3.8) is 0 Å². The third-order valence-corrected chi connectivity index (χ3v) is 6.75. The fraction of sp³-hybridized carbons (Fsp3) is 0.278. The molecule has 2 aromatic carbocycles. The second kappa shape index (κ2) is 3.56. The maximum absolute atomic E-state index is 13.0. The van der Waals surface area contributed by atoms with Crippen molar-refractivity contribution in [1.82, 2.24) is 0 Å². The maximum Gasteiger partial charge on any atom is 0.153 e. The van der Waals surface area contributed by atoms with Crippen LogP contribution >= 0.6 is 11.8 Å². The molecule has 5 rings (SSSR count). The number of rotatable bonds is 0. The van der Waals surface area contributed by atoms with Crippen LogP contribution in [0.1, 0.15) is 17.5 Å². The topological polar surface area (TPSA) is 17.1 Å². The van der Waals surface area contributed by atoms with Crippen molar-refractivity contribution < 1.29 is 4.79 Å². The molecule has 0 amide bonds. The third-order valence-electron chi connectivity index (χ3n) is 5.24. The molecule has 2 atom stereocenters. The second-order valence-electron chi connectivity index (χ2n) is 5.95. The van der Waals surface area contributed by atoms with Crippen LogP contribution in [0.25, 0.3) is 11.1 Å². The Labute approximate surface area is 122 Å². The van der Waals surface area contributed by atoms with Crippen molar-refractivity contribution in [1.29, 1.82) is 0 Å². The molecule has 2 aromatic rings. The molecule has 1 nitrogen and oxygen atoms in total. The average Bonchev–Trinajstić information content (AvgIpc) is 3.06. The fourth-order valence-electron chi connectivity index (χ4n) is 4.46. The number of ketones is 1. The molecule has 0 aromatic heterocycles. The maximum atomic E-state index is 13.0. The molecule has 2 heteroatoms. The van der Waals surface area contributed by atoms with Crippen molar-refractivity contribution in [3.05, 3.63) is 59.7 Å². The highest BCUT2D eigenvalue weighted by Gasteiger charge is 2.68. The first-order chi connectivity index (χ1) is 9.85. The number of hydrogen-bond donors (Lipinski definition) is 0. The summed E-state index contributed by atoms with van der Waals surface area (Å²) in [7, 11) is 0. The van der Waals surface area contributed by atoms with Gasteiger partial charge in [-0.15, -0.1) is 0 Å². The quantitative estimate of drug-likeness (QED) is 0.731. The first-order valence-corrected chi connectivity index (χ1v) is 8.25. The summed E-state index contributed by atoms with van der Waals surface area (Å²) >= 11 is 2.00. The molecule has 3 aliphatic rings. The van der Waals surface area contributed by atoms with Gasteiger partial charge in [-0.3, -0.25) is 4.79 Å². The van der Waals surface area contributed by atoms with Crippen molar-refractivity contribution in [2.45, 2.75) is 17.1 Å². The Hall–Kier alpha value is -1.54. The highest BCUT2D eigenvalue weighted by Crippen LogP contribution is 2.65. The third kappa shape index (κ3) is 1.01. The van der Waals surface area contributed by atoms with Crippen LogP contribution in [0.4, 0.5) is 0 Å². The monoisotopic (exact) mass is 278 g/mol. The van der Waals surface area contributed by atoms with Gasteiger partial charge in [0, 0.05) is 11.2 Å². The van der Waals surface area contributed by atoms with Crippen molar-refractivity contribution in [2.75, 3.05) is 5.75 Å². The van der Waals surface area contributed by atoms with Gasteiger partial charge in [-0.2, -0.15) is 11.8 Å². The predicted octanol–water partition coefficient (Wildman–Crippen LogP) is 3.66. The van der Waals surface area contributed by atoms with Crippen molar-refractivity contribution in [3.8, 4) is 11.1 Å². The van der Waals surface area contributed by atoms with Crippen LogP contribution in [0.2, 0.25) is 0 Å².